The van der Waals surface area contributed by atoms with Gasteiger partial charge in [-0.15, -0.1) is 0 Å². The van der Waals surface area contributed by atoms with E-state index in [0.717, 1.165) is 11.1 Å². The van der Waals surface area contributed by atoms with Gasteiger partial charge in [0, 0.05) is 16.8 Å². The van der Waals surface area contributed by atoms with Gasteiger partial charge in [-0.25, -0.2) is 4.79 Å². The number of hydrogen-bond donors (Lipinski definition) is 1. The van der Waals surface area contributed by atoms with Gasteiger partial charge in [-0.2, -0.15) is 0 Å². The molecule has 0 fully saturated rings. The van der Waals surface area contributed by atoms with Crippen LogP contribution in [0, 0.1) is 0 Å². The Morgan fingerprint density at radius 3 is 2.21 bits per heavy atom. The van der Waals surface area contributed by atoms with Gasteiger partial charge in [0.25, 0.3) is 5.91 Å². The molecule has 3 aromatic carbocycles. The summed E-state index contributed by atoms with van der Waals surface area (Å²) in [4.78, 5) is 35.4. The molecular weight excluding hydrogens is 354 g/mol. The molecule has 1 N–H and O–H groups in total. The second kappa shape index (κ2) is 8.77. The normalized spacial score (nSPS) is 11.3. The average molecular weight is 373 g/mol. The van der Waals surface area contributed by atoms with E-state index in [1.54, 1.807) is 6.07 Å². The fourth-order valence-corrected chi connectivity index (χ4v) is 2.68. The highest BCUT2D eigenvalue weighted by atomic mass is 16.5. The van der Waals surface area contributed by atoms with E-state index in [1.165, 1.54) is 31.2 Å². The van der Waals surface area contributed by atoms with Gasteiger partial charge in [0.1, 0.15) is 6.29 Å². The number of amides is 1. The Balaban J connectivity index is 1.69. The molecule has 0 bridgehead atoms. The first-order chi connectivity index (χ1) is 13.6. The van der Waals surface area contributed by atoms with Crippen LogP contribution >= 0.6 is 0 Å². The van der Waals surface area contributed by atoms with Crippen LogP contribution in [0.25, 0.3) is 11.1 Å². The SMILES string of the molecule is C[C@@H](OC(=O)c1ccc(C=O)cc1)C(=O)Nc1ccccc1-c1ccccc1. The van der Waals surface area contributed by atoms with Crippen molar-refractivity contribution >= 4 is 23.9 Å². The maximum atomic E-state index is 12.5. The zero-order valence-corrected chi connectivity index (χ0v) is 15.3. The second-order valence-corrected chi connectivity index (χ2v) is 6.19. The van der Waals surface area contributed by atoms with Crippen LogP contribution in [0.5, 0.6) is 0 Å². The third-order valence-corrected chi connectivity index (χ3v) is 4.21. The number of benzene rings is 3. The minimum atomic E-state index is -0.984. The van der Waals surface area contributed by atoms with Crippen LogP contribution in [-0.2, 0) is 9.53 Å². The monoisotopic (exact) mass is 373 g/mol. The third-order valence-electron chi connectivity index (χ3n) is 4.21. The highest BCUT2D eigenvalue weighted by molar-refractivity contribution is 6.00. The molecule has 0 heterocycles. The summed E-state index contributed by atoms with van der Waals surface area (Å²) < 4.78 is 5.25. The zero-order chi connectivity index (χ0) is 19.9. The molecule has 1 atom stereocenters. The molecule has 0 aliphatic carbocycles. The number of esters is 1. The van der Waals surface area contributed by atoms with Crippen molar-refractivity contribution in [3.8, 4) is 11.1 Å². The van der Waals surface area contributed by atoms with Crippen LogP contribution < -0.4 is 5.32 Å². The van der Waals surface area contributed by atoms with Gasteiger partial charge >= 0.3 is 5.97 Å². The maximum Gasteiger partial charge on any atom is 0.338 e. The molecule has 0 aromatic heterocycles. The van der Waals surface area contributed by atoms with Crippen molar-refractivity contribution in [2.75, 3.05) is 5.32 Å². The summed E-state index contributed by atoms with van der Waals surface area (Å²) in [5, 5.41) is 2.82. The molecule has 0 radical (unpaired) electrons. The summed E-state index contributed by atoms with van der Waals surface area (Å²) in [6.45, 7) is 1.51. The number of anilines is 1. The molecule has 0 unspecified atom stereocenters. The predicted octanol–water partition coefficient (Wildman–Crippen LogP) is 4.35. The lowest BCUT2D eigenvalue weighted by Crippen LogP contribution is -2.30. The van der Waals surface area contributed by atoms with Crippen LogP contribution in [-0.4, -0.2) is 24.3 Å². The lowest BCUT2D eigenvalue weighted by atomic mass is 10.0. The lowest BCUT2D eigenvalue weighted by molar-refractivity contribution is -0.123. The summed E-state index contributed by atoms with van der Waals surface area (Å²) in [7, 11) is 0. The average Bonchev–Trinajstić information content (AvgIpc) is 2.74. The zero-order valence-electron chi connectivity index (χ0n) is 15.3. The quantitative estimate of drug-likeness (QED) is 0.515. The fourth-order valence-electron chi connectivity index (χ4n) is 2.68. The molecule has 0 aliphatic rings. The predicted molar refractivity (Wildman–Crippen MR) is 107 cm³/mol. The fraction of sp³-hybridized carbons (Fsp3) is 0.0870. The molecular formula is C23H19NO4. The van der Waals surface area contributed by atoms with E-state index in [2.05, 4.69) is 5.32 Å². The Hall–Kier alpha value is -3.73. The van der Waals surface area contributed by atoms with Gasteiger partial charge in [-0.05, 0) is 30.7 Å². The highest BCUT2D eigenvalue weighted by Gasteiger charge is 2.20. The van der Waals surface area contributed by atoms with Crippen LogP contribution in [0.4, 0.5) is 5.69 Å². The molecule has 0 saturated heterocycles. The number of para-hydroxylation sites is 1. The number of rotatable bonds is 6. The van der Waals surface area contributed by atoms with E-state index in [4.69, 9.17) is 4.74 Å². The Labute approximate surface area is 163 Å². The van der Waals surface area contributed by atoms with Crippen molar-refractivity contribution in [3.05, 3.63) is 90.0 Å². The molecule has 0 spiro atoms. The van der Waals surface area contributed by atoms with Gasteiger partial charge in [-0.1, -0.05) is 60.7 Å². The Morgan fingerprint density at radius 2 is 1.54 bits per heavy atom. The van der Waals surface area contributed by atoms with E-state index in [1.807, 2.05) is 48.5 Å². The van der Waals surface area contributed by atoms with Crippen LogP contribution in [0.3, 0.4) is 0 Å². The number of aldehydes is 1. The first-order valence-electron chi connectivity index (χ1n) is 8.80. The molecule has 5 heteroatoms. The summed E-state index contributed by atoms with van der Waals surface area (Å²) in [6, 6.07) is 23.1. The number of carbonyl (C=O) groups excluding carboxylic acids is 3. The number of hydrogen-bond acceptors (Lipinski definition) is 4. The highest BCUT2D eigenvalue weighted by Crippen LogP contribution is 2.27. The van der Waals surface area contributed by atoms with Crippen molar-refractivity contribution in [2.45, 2.75) is 13.0 Å². The molecule has 28 heavy (non-hydrogen) atoms. The standard InChI is InChI=1S/C23H19NO4/c1-16(28-23(27)19-13-11-17(15-25)12-14-19)22(26)24-21-10-6-5-9-20(21)18-7-3-2-4-8-18/h2-16H,1H3,(H,24,26)/t16-/m1/s1. The summed E-state index contributed by atoms with van der Waals surface area (Å²) >= 11 is 0. The van der Waals surface area contributed by atoms with Crippen molar-refractivity contribution < 1.29 is 19.1 Å². The van der Waals surface area contributed by atoms with Crippen molar-refractivity contribution in [1.29, 1.82) is 0 Å². The van der Waals surface area contributed by atoms with E-state index in [-0.39, 0.29) is 5.56 Å². The molecule has 3 aromatic rings. The first kappa shape index (κ1) is 19.0. The molecule has 1 amide bonds. The molecule has 140 valence electrons. The summed E-state index contributed by atoms with van der Waals surface area (Å²) in [5.41, 5.74) is 3.21. The smallest absolute Gasteiger partial charge is 0.338 e. The first-order valence-corrected chi connectivity index (χ1v) is 8.80. The van der Waals surface area contributed by atoms with Gasteiger partial charge in [-0.3, -0.25) is 9.59 Å². The summed E-state index contributed by atoms with van der Waals surface area (Å²) in [5.74, 6) is -1.06. The largest absolute Gasteiger partial charge is 0.449 e. The molecule has 5 nitrogen and oxygen atoms in total. The minimum absolute atomic E-state index is 0.273. The second-order valence-electron chi connectivity index (χ2n) is 6.19. The van der Waals surface area contributed by atoms with Gasteiger partial charge < -0.3 is 10.1 Å². The van der Waals surface area contributed by atoms with Crippen LogP contribution in [0.2, 0.25) is 0 Å². The van der Waals surface area contributed by atoms with E-state index >= 15 is 0 Å². The minimum Gasteiger partial charge on any atom is -0.449 e. The number of carbonyl (C=O) groups is 3. The summed E-state index contributed by atoms with van der Waals surface area (Å²) in [6.07, 6.45) is -0.294. The molecule has 0 aliphatic heterocycles. The number of ether oxygens (including phenoxy) is 1. The Kier molecular flexibility index (Phi) is 5.97. The van der Waals surface area contributed by atoms with E-state index in [9.17, 15) is 14.4 Å². The van der Waals surface area contributed by atoms with Crippen LogP contribution in [0.1, 0.15) is 27.6 Å². The Morgan fingerprint density at radius 1 is 0.893 bits per heavy atom. The van der Waals surface area contributed by atoms with Crippen molar-refractivity contribution in [2.24, 2.45) is 0 Å². The van der Waals surface area contributed by atoms with Gasteiger partial charge in [0.2, 0.25) is 0 Å². The molecule has 3 rings (SSSR count). The topological polar surface area (TPSA) is 72.5 Å². The maximum absolute atomic E-state index is 12.5. The van der Waals surface area contributed by atoms with E-state index in [0.29, 0.717) is 17.5 Å². The molecule has 0 saturated carbocycles. The Bertz CT molecular complexity index is 981. The van der Waals surface area contributed by atoms with Crippen molar-refractivity contribution in [1.82, 2.24) is 0 Å². The van der Waals surface area contributed by atoms with E-state index < -0.39 is 18.0 Å². The number of nitrogens with one attached hydrogen (secondary N) is 1. The lowest BCUT2D eigenvalue weighted by Gasteiger charge is -2.16. The van der Waals surface area contributed by atoms with Gasteiger partial charge in [0.15, 0.2) is 6.10 Å². The van der Waals surface area contributed by atoms with Gasteiger partial charge in [0.05, 0.1) is 5.56 Å². The van der Waals surface area contributed by atoms with Crippen molar-refractivity contribution in [3.63, 3.8) is 0 Å². The third kappa shape index (κ3) is 4.51. The van der Waals surface area contributed by atoms with Crippen LogP contribution in [0.15, 0.2) is 78.9 Å².